The normalized spacial score (nSPS) is 12.6. The Morgan fingerprint density at radius 3 is 2.38 bits per heavy atom. The minimum absolute atomic E-state index is 0.0642. The largest absolute Gasteiger partial charge is 0.317 e. The first-order valence-corrected chi connectivity index (χ1v) is 7.28. The highest BCUT2D eigenvalue weighted by Gasteiger charge is 2.17. The Morgan fingerprint density at radius 1 is 1.25 bits per heavy atom. The predicted molar refractivity (Wildman–Crippen MR) is 67.6 cm³/mol. The molecule has 5 nitrogen and oxygen atoms in total. The van der Waals surface area contributed by atoms with Gasteiger partial charge in [-0.3, -0.25) is 0 Å². The fraction of sp³-hybridized carbons (Fsp3) is 1.00. The molecule has 0 aliphatic heterocycles. The van der Waals surface area contributed by atoms with Crippen LogP contribution in [-0.2, 0) is 10.2 Å². The molecule has 0 unspecified atom stereocenters. The molecule has 0 heterocycles. The molecule has 0 saturated heterocycles. The number of nitrogens with zero attached hydrogens (tertiary/aromatic N) is 1. The maximum Gasteiger partial charge on any atom is 0.279 e. The zero-order valence-corrected chi connectivity index (χ0v) is 11.6. The van der Waals surface area contributed by atoms with Crippen LogP contribution in [0.1, 0.15) is 33.6 Å². The van der Waals surface area contributed by atoms with Gasteiger partial charge < -0.3 is 5.32 Å². The van der Waals surface area contributed by atoms with Gasteiger partial charge in [-0.05, 0) is 39.8 Å². The zero-order valence-electron chi connectivity index (χ0n) is 10.8. The van der Waals surface area contributed by atoms with Gasteiger partial charge in [-0.15, -0.1) is 0 Å². The fourth-order valence-electron chi connectivity index (χ4n) is 1.24. The van der Waals surface area contributed by atoms with Crippen molar-refractivity contribution < 1.29 is 8.42 Å². The Morgan fingerprint density at radius 2 is 1.88 bits per heavy atom. The minimum atomic E-state index is -3.30. The van der Waals surface area contributed by atoms with Crippen LogP contribution in [0, 0.1) is 0 Å². The average molecular weight is 251 g/mol. The van der Waals surface area contributed by atoms with Gasteiger partial charge in [0.2, 0.25) is 0 Å². The van der Waals surface area contributed by atoms with Crippen molar-refractivity contribution in [3.05, 3.63) is 0 Å². The van der Waals surface area contributed by atoms with Gasteiger partial charge in [-0.25, -0.2) is 0 Å². The van der Waals surface area contributed by atoms with Crippen LogP contribution in [0.15, 0.2) is 0 Å². The van der Waals surface area contributed by atoms with Crippen molar-refractivity contribution in [3.63, 3.8) is 0 Å². The van der Waals surface area contributed by atoms with E-state index in [1.807, 2.05) is 13.8 Å². The van der Waals surface area contributed by atoms with E-state index in [0.29, 0.717) is 6.54 Å². The lowest BCUT2D eigenvalue weighted by atomic mass is 10.4. The second-order valence-corrected chi connectivity index (χ2v) is 6.01. The van der Waals surface area contributed by atoms with Gasteiger partial charge in [0.25, 0.3) is 10.2 Å². The van der Waals surface area contributed by atoms with E-state index in [9.17, 15) is 8.42 Å². The number of nitrogens with one attached hydrogen (secondary N) is 2. The highest BCUT2D eigenvalue weighted by Crippen LogP contribution is 1.97. The molecule has 0 bridgehead atoms. The Balaban J connectivity index is 3.83. The van der Waals surface area contributed by atoms with Gasteiger partial charge in [-0.1, -0.05) is 6.92 Å². The Kier molecular flexibility index (Phi) is 7.91. The first-order chi connectivity index (χ1) is 7.40. The van der Waals surface area contributed by atoms with E-state index in [-0.39, 0.29) is 6.04 Å². The van der Waals surface area contributed by atoms with E-state index >= 15 is 0 Å². The minimum Gasteiger partial charge on any atom is -0.317 e. The van der Waals surface area contributed by atoms with Crippen molar-refractivity contribution in [1.29, 1.82) is 0 Å². The van der Waals surface area contributed by atoms with Crippen molar-refractivity contribution in [3.8, 4) is 0 Å². The van der Waals surface area contributed by atoms with Crippen LogP contribution in [0.25, 0.3) is 0 Å². The molecule has 0 aliphatic carbocycles. The topological polar surface area (TPSA) is 61.4 Å². The molecule has 0 rings (SSSR count). The van der Waals surface area contributed by atoms with Gasteiger partial charge in [0.05, 0.1) is 0 Å². The first kappa shape index (κ1) is 15.8. The van der Waals surface area contributed by atoms with E-state index in [2.05, 4.69) is 17.0 Å². The Bertz CT molecular complexity index is 265. The molecule has 0 amide bonds. The van der Waals surface area contributed by atoms with Crippen LogP contribution in [0.2, 0.25) is 0 Å². The quantitative estimate of drug-likeness (QED) is 0.588. The van der Waals surface area contributed by atoms with Crippen LogP contribution in [0.5, 0.6) is 0 Å². The van der Waals surface area contributed by atoms with Crippen LogP contribution in [-0.4, -0.2) is 45.4 Å². The summed E-state index contributed by atoms with van der Waals surface area (Å²) in [6, 6.07) is -0.0642. The summed E-state index contributed by atoms with van der Waals surface area (Å²) in [6.07, 6.45) is 1.93. The predicted octanol–water partition coefficient (Wildman–Crippen LogP) is 0.551. The lowest BCUT2D eigenvalue weighted by Crippen LogP contribution is -2.42. The highest BCUT2D eigenvalue weighted by atomic mass is 32.2. The summed E-state index contributed by atoms with van der Waals surface area (Å²) in [4.78, 5) is 0. The maximum absolute atomic E-state index is 11.7. The van der Waals surface area contributed by atoms with Crippen molar-refractivity contribution in [2.75, 3.05) is 26.7 Å². The second kappa shape index (κ2) is 8.00. The highest BCUT2D eigenvalue weighted by molar-refractivity contribution is 7.87. The van der Waals surface area contributed by atoms with Gasteiger partial charge in [0.1, 0.15) is 0 Å². The SMILES string of the molecule is CCCNCCCN(C)S(=O)(=O)NC(C)C. The molecule has 0 aromatic rings. The molecule has 0 radical (unpaired) electrons. The third kappa shape index (κ3) is 7.16. The summed E-state index contributed by atoms with van der Waals surface area (Å²) in [5.41, 5.74) is 0. The van der Waals surface area contributed by atoms with E-state index in [1.54, 1.807) is 7.05 Å². The molecule has 6 heteroatoms. The molecule has 16 heavy (non-hydrogen) atoms. The van der Waals surface area contributed by atoms with Crippen molar-refractivity contribution in [2.45, 2.75) is 39.7 Å². The van der Waals surface area contributed by atoms with E-state index in [4.69, 9.17) is 0 Å². The summed E-state index contributed by atoms with van der Waals surface area (Å²) in [5.74, 6) is 0. The van der Waals surface area contributed by atoms with Crippen molar-refractivity contribution >= 4 is 10.2 Å². The Labute approximate surface area is 99.8 Å². The molecule has 0 fully saturated rings. The standard InChI is InChI=1S/C10H25N3O2S/c1-5-7-11-8-6-9-13(4)16(14,15)12-10(2)3/h10-12H,5-9H2,1-4H3. The molecule has 0 atom stereocenters. The fourth-order valence-corrected chi connectivity index (χ4v) is 2.38. The number of hydrogen-bond donors (Lipinski definition) is 2. The summed E-state index contributed by atoms with van der Waals surface area (Å²) < 4.78 is 27.2. The van der Waals surface area contributed by atoms with Crippen molar-refractivity contribution in [2.24, 2.45) is 0 Å². The van der Waals surface area contributed by atoms with Crippen LogP contribution < -0.4 is 10.0 Å². The van der Waals surface area contributed by atoms with E-state index < -0.39 is 10.2 Å². The molecule has 0 saturated carbocycles. The Hall–Kier alpha value is -0.170. The number of rotatable bonds is 9. The molecular weight excluding hydrogens is 226 g/mol. The molecule has 0 spiro atoms. The third-order valence-corrected chi connectivity index (χ3v) is 3.82. The van der Waals surface area contributed by atoms with Gasteiger partial charge >= 0.3 is 0 Å². The third-order valence-electron chi connectivity index (χ3n) is 2.05. The lowest BCUT2D eigenvalue weighted by Gasteiger charge is -2.19. The smallest absolute Gasteiger partial charge is 0.279 e. The van der Waals surface area contributed by atoms with Crippen LogP contribution in [0.4, 0.5) is 0 Å². The van der Waals surface area contributed by atoms with Crippen LogP contribution in [0.3, 0.4) is 0 Å². The maximum atomic E-state index is 11.7. The molecule has 98 valence electrons. The lowest BCUT2D eigenvalue weighted by molar-refractivity contribution is 0.440. The van der Waals surface area contributed by atoms with Crippen molar-refractivity contribution in [1.82, 2.24) is 14.3 Å². The number of hydrogen-bond acceptors (Lipinski definition) is 3. The molecule has 0 aromatic carbocycles. The van der Waals surface area contributed by atoms with E-state index in [1.165, 1.54) is 4.31 Å². The first-order valence-electron chi connectivity index (χ1n) is 5.84. The molecule has 0 aliphatic rings. The monoisotopic (exact) mass is 251 g/mol. The molecular formula is C10H25N3O2S. The second-order valence-electron chi connectivity index (χ2n) is 4.20. The average Bonchev–Trinajstić information content (AvgIpc) is 2.15. The summed E-state index contributed by atoms with van der Waals surface area (Å²) in [7, 11) is -1.70. The molecule has 0 aromatic heterocycles. The summed E-state index contributed by atoms with van der Waals surface area (Å²) >= 11 is 0. The summed E-state index contributed by atoms with van der Waals surface area (Å²) in [5, 5.41) is 3.24. The van der Waals surface area contributed by atoms with Crippen LogP contribution >= 0.6 is 0 Å². The zero-order chi connectivity index (χ0) is 12.6. The summed E-state index contributed by atoms with van der Waals surface area (Å²) in [6.45, 7) is 8.12. The van der Waals surface area contributed by atoms with Gasteiger partial charge in [-0.2, -0.15) is 17.4 Å². The van der Waals surface area contributed by atoms with Gasteiger partial charge in [0.15, 0.2) is 0 Å². The van der Waals surface area contributed by atoms with Gasteiger partial charge in [0, 0.05) is 19.6 Å². The van der Waals surface area contributed by atoms with E-state index in [0.717, 1.165) is 25.9 Å². The molecule has 2 N–H and O–H groups in total.